The van der Waals surface area contributed by atoms with Crippen LogP contribution in [0.15, 0.2) is 42.5 Å². The molecule has 0 atom stereocenters. The van der Waals surface area contributed by atoms with Crippen LogP contribution < -0.4 is 9.47 Å². The number of carboxylic acid groups (broad SMARTS) is 1. The number of nitrogens with one attached hydrogen (secondary N) is 1. The summed E-state index contributed by atoms with van der Waals surface area (Å²) < 4.78 is 10.9. The number of rotatable bonds is 5. The van der Waals surface area contributed by atoms with Crippen molar-refractivity contribution in [3.8, 4) is 11.5 Å². The summed E-state index contributed by atoms with van der Waals surface area (Å²) in [5.74, 6) is 0.00870. The lowest BCUT2D eigenvalue weighted by molar-refractivity contribution is -0.134. The molecule has 1 aliphatic rings. The topological polar surface area (TPSA) is 91.9 Å². The summed E-state index contributed by atoms with van der Waals surface area (Å²) in [7, 11) is 1.55. The number of ether oxygens (including phenoxy) is 2. The lowest BCUT2D eigenvalue weighted by Crippen LogP contribution is -2.38. The molecule has 2 aromatic carbocycles. The fourth-order valence-corrected chi connectivity index (χ4v) is 3.53. The Balaban J connectivity index is 1.51. The van der Waals surface area contributed by atoms with E-state index in [1.165, 1.54) is 0 Å². The minimum atomic E-state index is -0.967. The number of carboxylic acids is 1. The maximum absolute atomic E-state index is 12.7. The van der Waals surface area contributed by atoms with Gasteiger partial charge in [-0.05, 0) is 30.3 Å². The van der Waals surface area contributed by atoms with E-state index in [-0.39, 0.29) is 18.1 Å². The summed E-state index contributed by atoms with van der Waals surface area (Å²) >= 11 is 0. The molecule has 2 N–H and O–H groups in total. The standard InChI is InChI=1S/C21H20N2O5/c1-27-18-4-2-3-5-19(18)28-12-20(24)23-9-8-17-15(11-23)14-10-13(21(25)26)6-7-16(14)22-17/h2-7,10,22H,8-9,11-12H2,1H3,(H,25,26). The van der Waals surface area contributed by atoms with Gasteiger partial charge in [0.1, 0.15) is 0 Å². The molecule has 7 nitrogen and oxygen atoms in total. The van der Waals surface area contributed by atoms with Crippen LogP contribution in [0.5, 0.6) is 11.5 Å². The fourth-order valence-electron chi connectivity index (χ4n) is 3.53. The molecule has 1 amide bonds. The number of hydrogen-bond donors (Lipinski definition) is 2. The number of aromatic carboxylic acids is 1. The van der Waals surface area contributed by atoms with Crippen LogP contribution in [0.3, 0.4) is 0 Å². The third kappa shape index (κ3) is 3.26. The van der Waals surface area contributed by atoms with Gasteiger partial charge in [0.25, 0.3) is 5.91 Å². The molecule has 0 spiro atoms. The molecule has 3 aromatic rings. The first kappa shape index (κ1) is 17.9. The third-order valence-corrected chi connectivity index (χ3v) is 5.00. The predicted octanol–water partition coefficient (Wildman–Crippen LogP) is 2.84. The zero-order valence-corrected chi connectivity index (χ0v) is 15.4. The number of benzene rings is 2. The van der Waals surface area contributed by atoms with Crippen molar-refractivity contribution < 1.29 is 24.2 Å². The Kier molecular flexibility index (Phi) is 4.65. The Morgan fingerprint density at radius 1 is 1.18 bits per heavy atom. The highest BCUT2D eigenvalue weighted by Crippen LogP contribution is 2.29. The Morgan fingerprint density at radius 3 is 2.71 bits per heavy atom. The highest BCUT2D eigenvalue weighted by molar-refractivity contribution is 5.95. The van der Waals surface area contributed by atoms with Crippen LogP contribution in [0.1, 0.15) is 21.6 Å². The highest BCUT2D eigenvalue weighted by atomic mass is 16.5. The molecule has 2 heterocycles. The number of nitrogens with zero attached hydrogens (tertiary/aromatic N) is 1. The van der Waals surface area contributed by atoms with E-state index < -0.39 is 5.97 Å². The van der Waals surface area contributed by atoms with Crippen LogP contribution in [-0.4, -0.2) is 47.1 Å². The first-order valence-corrected chi connectivity index (χ1v) is 8.97. The van der Waals surface area contributed by atoms with Gasteiger partial charge >= 0.3 is 5.97 Å². The molecule has 4 rings (SSSR count). The van der Waals surface area contributed by atoms with Crippen molar-refractivity contribution in [2.24, 2.45) is 0 Å². The molecule has 0 fully saturated rings. The van der Waals surface area contributed by atoms with Gasteiger partial charge in [-0.1, -0.05) is 12.1 Å². The second-order valence-electron chi connectivity index (χ2n) is 6.65. The maximum atomic E-state index is 12.7. The van der Waals surface area contributed by atoms with E-state index in [0.29, 0.717) is 31.0 Å². The van der Waals surface area contributed by atoms with Gasteiger partial charge in [0, 0.05) is 41.7 Å². The minimum absolute atomic E-state index is 0.0849. The minimum Gasteiger partial charge on any atom is -0.493 e. The number of fused-ring (bicyclic) bond motifs is 3. The highest BCUT2D eigenvalue weighted by Gasteiger charge is 2.25. The van der Waals surface area contributed by atoms with Crippen LogP contribution in [0, 0.1) is 0 Å². The van der Waals surface area contributed by atoms with Crippen LogP contribution in [0.4, 0.5) is 0 Å². The Labute approximate surface area is 161 Å². The quantitative estimate of drug-likeness (QED) is 0.710. The first-order valence-electron chi connectivity index (χ1n) is 8.97. The van der Waals surface area contributed by atoms with Crippen molar-refractivity contribution in [3.05, 3.63) is 59.3 Å². The van der Waals surface area contributed by atoms with Gasteiger partial charge in [-0.25, -0.2) is 4.79 Å². The second kappa shape index (κ2) is 7.26. The van der Waals surface area contributed by atoms with Gasteiger partial charge in [0.15, 0.2) is 18.1 Å². The summed E-state index contributed by atoms with van der Waals surface area (Å²) in [6.07, 6.45) is 0.687. The number of aromatic nitrogens is 1. The van der Waals surface area contributed by atoms with E-state index in [2.05, 4.69) is 4.98 Å². The fraction of sp³-hybridized carbons (Fsp3) is 0.238. The second-order valence-corrected chi connectivity index (χ2v) is 6.65. The van der Waals surface area contributed by atoms with Crippen molar-refractivity contribution in [2.75, 3.05) is 20.3 Å². The van der Waals surface area contributed by atoms with Crippen molar-refractivity contribution in [1.29, 1.82) is 0 Å². The summed E-state index contributed by atoms with van der Waals surface area (Å²) in [6.45, 7) is 0.921. The zero-order valence-electron chi connectivity index (χ0n) is 15.4. The molecule has 0 unspecified atom stereocenters. The molecular weight excluding hydrogens is 360 g/mol. The van der Waals surface area contributed by atoms with Crippen LogP contribution in [0.25, 0.3) is 10.9 Å². The van der Waals surface area contributed by atoms with E-state index in [1.54, 1.807) is 42.3 Å². The number of amides is 1. The Bertz CT molecular complexity index is 1060. The Hall–Kier alpha value is -3.48. The summed E-state index contributed by atoms with van der Waals surface area (Å²) in [6, 6.07) is 12.2. The molecule has 0 radical (unpaired) electrons. The molecule has 1 aliphatic heterocycles. The van der Waals surface area contributed by atoms with E-state index >= 15 is 0 Å². The first-order chi connectivity index (χ1) is 13.6. The average molecular weight is 380 g/mol. The molecule has 7 heteroatoms. The van der Waals surface area contributed by atoms with Gasteiger partial charge in [0.2, 0.25) is 0 Å². The van der Waals surface area contributed by atoms with Gasteiger partial charge in [-0.2, -0.15) is 0 Å². The molecule has 0 saturated carbocycles. The van der Waals surface area contributed by atoms with Crippen LogP contribution >= 0.6 is 0 Å². The number of aromatic amines is 1. The van der Waals surface area contributed by atoms with E-state index in [0.717, 1.165) is 22.2 Å². The number of carbonyl (C=O) groups is 2. The summed E-state index contributed by atoms with van der Waals surface area (Å²) in [4.78, 5) is 29.0. The van der Waals surface area contributed by atoms with Gasteiger partial charge < -0.3 is 24.5 Å². The molecule has 1 aromatic heterocycles. The molecule has 0 saturated heterocycles. The molecule has 28 heavy (non-hydrogen) atoms. The number of para-hydroxylation sites is 2. The zero-order chi connectivity index (χ0) is 19.7. The number of methoxy groups -OCH3 is 1. The van der Waals surface area contributed by atoms with Crippen molar-refractivity contribution in [1.82, 2.24) is 9.88 Å². The lowest BCUT2D eigenvalue weighted by Gasteiger charge is -2.27. The average Bonchev–Trinajstić information content (AvgIpc) is 3.09. The number of hydrogen-bond acceptors (Lipinski definition) is 4. The van der Waals surface area contributed by atoms with Crippen molar-refractivity contribution in [2.45, 2.75) is 13.0 Å². The van der Waals surface area contributed by atoms with E-state index in [1.807, 2.05) is 12.1 Å². The van der Waals surface area contributed by atoms with Crippen molar-refractivity contribution >= 4 is 22.8 Å². The van der Waals surface area contributed by atoms with Gasteiger partial charge in [0.05, 0.1) is 12.7 Å². The number of H-pyrrole nitrogens is 1. The molecular formula is C21H20N2O5. The van der Waals surface area contributed by atoms with Crippen LogP contribution in [-0.2, 0) is 17.8 Å². The normalized spacial score (nSPS) is 13.2. The SMILES string of the molecule is COc1ccccc1OCC(=O)N1CCc2[nH]c3ccc(C(=O)O)cc3c2C1. The largest absolute Gasteiger partial charge is 0.493 e. The molecule has 144 valence electrons. The Morgan fingerprint density at radius 2 is 1.96 bits per heavy atom. The predicted molar refractivity (Wildman–Crippen MR) is 103 cm³/mol. The summed E-state index contributed by atoms with van der Waals surface area (Å²) in [5, 5.41) is 10.1. The van der Waals surface area contributed by atoms with Crippen LogP contribution in [0.2, 0.25) is 0 Å². The lowest BCUT2D eigenvalue weighted by atomic mass is 10.0. The molecule has 0 aliphatic carbocycles. The van der Waals surface area contributed by atoms with Gasteiger partial charge in [-0.15, -0.1) is 0 Å². The maximum Gasteiger partial charge on any atom is 0.335 e. The van der Waals surface area contributed by atoms with Crippen molar-refractivity contribution in [3.63, 3.8) is 0 Å². The van der Waals surface area contributed by atoms with Gasteiger partial charge in [-0.3, -0.25) is 4.79 Å². The molecule has 0 bridgehead atoms. The van der Waals surface area contributed by atoms with E-state index in [4.69, 9.17) is 9.47 Å². The monoisotopic (exact) mass is 380 g/mol. The number of carbonyl (C=O) groups excluding carboxylic acids is 1. The van der Waals surface area contributed by atoms with E-state index in [9.17, 15) is 14.7 Å². The smallest absolute Gasteiger partial charge is 0.335 e. The third-order valence-electron chi connectivity index (χ3n) is 5.00. The summed E-state index contributed by atoms with van der Waals surface area (Å²) in [5.41, 5.74) is 3.13.